The van der Waals surface area contributed by atoms with Gasteiger partial charge >= 0.3 is 0 Å². The predicted octanol–water partition coefficient (Wildman–Crippen LogP) is 6.41. The number of hydrogen-bond donors (Lipinski definition) is 5. The molecule has 0 aliphatic heterocycles. The number of nitrogens with two attached hydrogens (primary N) is 2. The average molecular weight is 599 g/mol. The Kier molecular flexibility index (Phi) is 7.98. The van der Waals surface area contributed by atoms with E-state index < -0.39 is 0 Å². The zero-order chi connectivity index (χ0) is 30.5. The van der Waals surface area contributed by atoms with Crippen molar-refractivity contribution < 1.29 is 15.3 Å². The molecule has 8 fully saturated rings. The van der Waals surface area contributed by atoms with Crippen molar-refractivity contribution in [1.82, 2.24) is 0 Å². The van der Waals surface area contributed by atoms with Gasteiger partial charge in [0.15, 0.2) is 0 Å². The van der Waals surface area contributed by atoms with Crippen molar-refractivity contribution in [2.75, 3.05) is 0 Å². The van der Waals surface area contributed by atoms with Gasteiger partial charge in [-0.15, -0.1) is 0 Å². The highest BCUT2D eigenvalue weighted by atomic mass is 16.3. The highest BCUT2D eigenvalue weighted by molar-refractivity contribution is 5.12. The summed E-state index contributed by atoms with van der Waals surface area (Å²) in [5.41, 5.74) is 13.7. The topological polar surface area (TPSA) is 113 Å². The van der Waals surface area contributed by atoms with Crippen molar-refractivity contribution in [2.45, 2.75) is 167 Å². The van der Waals surface area contributed by atoms with Gasteiger partial charge in [-0.3, -0.25) is 0 Å². The Bertz CT molecular complexity index is 1040. The third kappa shape index (κ3) is 4.69. The van der Waals surface area contributed by atoms with Crippen LogP contribution in [0.5, 0.6) is 0 Å². The van der Waals surface area contributed by atoms with Gasteiger partial charge in [0.1, 0.15) is 0 Å². The average Bonchev–Trinajstić information content (AvgIpc) is 3.45. The van der Waals surface area contributed by atoms with Gasteiger partial charge in [-0.2, -0.15) is 0 Å². The van der Waals surface area contributed by atoms with E-state index in [9.17, 15) is 15.3 Å². The maximum Gasteiger partial charge on any atom is 0.0596 e. The summed E-state index contributed by atoms with van der Waals surface area (Å²) < 4.78 is 0. The first-order chi connectivity index (χ1) is 20.3. The van der Waals surface area contributed by atoms with E-state index in [1.165, 1.54) is 64.2 Å². The fourth-order valence-corrected chi connectivity index (χ4v) is 14.5. The van der Waals surface area contributed by atoms with Crippen LogP contribution in [-0.4, -0.2) is 45.7 Å². The minimum atomic E-state index is -0.178. The van der Waals surface area contributed by atoms with E-state index in [1.54, 1.807) is 0 Å². The number of rotatable bonds is 0. The molecule has 0 unspecified atom stereocenters. The molecule has 8 aliphatic rings. The standard InChI is InChI=1S/C19H33NO2.C19H33NO/c1-18-7-5-12(20)9-11(18)10-15(21)17-13-3-4-16(22)19(13,2)8-6-14(17)18;1-18-9-7-13(20)11-12(18)3-4-14-15-5-6-17(21)19(15,2)10-8-16(14)18/h11-17,21-22H,3-10,20H2,1-2H3;12-17,21H,3-11,20H2,1-2H3/t11-,12+,13+,14+,15+,16+,17+,18+,19+;12-,13-,14-,15-,16-,17-,18-,19-/m10/s1. The Morgan fingerprint density at radius 2 is 0.930 bits per heavy atom. The molecule has 0 saturated heterocycles. The molecule has 17 atom stereocenters. The van der Waals surface area contributed by atoms with Crippen LogP contribution in [0.2, 0.25) is 0 Å². The lowest BCUT2D eigenvalue weighted by Gasteiger charge is -2.62. The first kappa shape index (κ1) is 31.4. The van der Waals surface area contributed by atoms with E-state index in [0.29, 0.717) is 46.6 Å². The van der Waals surface area contributed by atoms with Gasteiger partial charge in [0.2, 0.25) is 0 Å². The molecule has 0 radical (unpaired) electrons. The van der Waals surface area contributed by atoms with E-state index in [0.717, 1.165) is 68.6 Å². The lowest BCUT2D eigenvalue weighted by Crippen LogP contribution is -2.59. The number of hydrogen-bond acceptors (Lipinski definition) is 5. The molecule has 0 aromatic rings. The second kappa shape index (κ2) is 10.9. The first-order valence-corrected chi connectivity index (χ1v) is 18.9. The van der Waals surface area contributed by atoms with E-state index in [4.69, 9.17) is 11.5 Å². The quantitative estimate of drug-likeness (QED) is 0.221. The number of fused-ring (bicyclic) bond motifs is 10. The summed E-state index contributed by atoms with van der Waals surface area (Å²) in [5.74, 6) is 5.62. The second-order valence-electron chi connectivity index (χ2n) is 18.8. The fourth-order valence-electron chi connectivity index (χ4n) is 14.5. The third-order valence-corrected chi connectivity index (χ3v) is 17.3. The van der Waals surface area contributed by atoms with Crippen LogP contribution >= 0.6 is 0 Å². The van der Waals surface area contributed by atoms with Crippen LogP contribution in [0.4, 0.5) is 0 Å². The molecule has 8 rings (SSSR count). The highest BCUT2D eigenvalue weighted by Gasteiger charge is 2.63. The minimum absolute atomic E-state index is 0.0336. The molecule has 8 aliphatic carbocycles. The van der Waals surface area contributed by atoms with Gasteiger partial charge in [-0.05, 0) is 178 Å². The lowest BCUT2D eigenvalue weighted by atomic mass is 9.44. The number of aliphatic hydroxyl groups is 3. The van der Waals surface area contributed by atoms with Crippen molar-refractivity contribution in [3.05, 3.63) is 0 Å². The molecule has 7 N–H and O–H groups in total. The minimum Gasteiger partial charge on any atom is -0.393 e. The molecule has 5 heteroatoms. The maximum absolute atomic E-state index is 11.0. The summed E-state index contributed by atoms with van der Waals surface area (Å²) in [6.45, 7) is 9.75. The van der Waals surface area contributed by atoms with Crippen molar-refractivity contribution in [3.63, 3.8) is 0 Å². The van der Waals surface area contributed by atoms with E-state index in [1.807, 2.05) is 0 Å². The first-order valence-electron chi connectivity index (χ1n) is 18.9. The van der Waals surface area contributed by atoms with Gasteiger partial charge in [0.05, 0.1) is 18.3 Å². The molecule has 8 saturated carbocycles. The monoisotopic (exact) mass is 599 g/mol. The molecular formula is C38H66N2O3. The Hall–Kier alpha value is -0.200. The third-order valence-electron chi connectivity index (χ3n) is 17.3. The van der Waals surface area contributed by atoms with E-state index >= 15 is 0 Å². The normalized spacial score (nSPS) is 60.6. The zero-order valence-electron chi connectivity index (χ0n) is 28.0. The van der Waals surface area contributed by atoms with Crippen molar-refractivity contribution in [2.24, 2.45) is 80.5 Å². The highest BCUT2D eigenvalue weighted by Crippen LogP contribution is 2.67. The fraction of sp³-hybridized carbons (Fsp3) is 1.00. The number of aliphatic hydroxyl groups excluding tert-OH is 3. The summed E-state index contributed by atoms with van der Waals surface area (Å²) in [7, 11) is 0. The molecule has 0 bridgehead atoms. The van der Waals surface area contributed by atoms with Crippen molar-refractivity contribution in [1.29, 1.82) is 0 Å². The zero-order valence-corrected chi connectivity index (χ0v) is 28.0. The van der Waals surface area contributed by atoms with Gasteiger partial charge < -0.3 is 26.8 Å². The largest absolute Gasteiger partial charge is 0.393 e. The van der Waals surface area contributed by atoms with E-state index in [-0.39, 0.29) is 29.1 Å². The van der Waals surface area contributed by atoms with Crippen LogP contribution in [0.25, 0.3) is 0 Å². The van der Waals surface area contributed by atoms with E-state index in [2.05, 4.69) is 27.7 Å². The molecular weight excluding hydrogens is 532 g/mol. The van der Waals surface area contributed by atoms with Crippen molar-refractivity contribution in [3.8, 4) is 0 Å². The van der Waals surface area contributed by atoms with Crippen LogP contribution in [0.3, 0.4) is 0 Å². The summed E-state index contributed by atoms with van der Waals surface area (Å²) in [5, 5.41) is 32.0. The predicted molar refractivity (Wildman–Crippen MR) is 173 cm³/mol. The molecule has 0 aromatic heterocycles. The molecule has 5 nitrogen and oxygen atoms in total. The van der Waals surface area contributed by atoms with Crippen molar-refractivity contribution >= 4 is 0 Å². The molecule has 246 valence electrons. The van der Waals surface area contributed by atoms with Gasteiger partial charge in [0, 0.05) is 12.1 Å². The lowest BCUT2D eigenvalue weighted by molar-refractivity contribution is -0.169. The van der Waals surface area contributed by atoms with Gasteiger partial charge in [-0.25, -0.2) is 0 Å². The van der Waals surface area contributed by atoms with Crippen LogP contribution < -0.4 is 11.5 Å². The summed E-state index contributed by atoms with van der Waals surface area (Å²) >= 11 is 0. The smallest absolute Gasteiger partial charge is 0.0596 e. The summed E-state index contributed by atoms with van der Waals surface area (Å²) in [6, 6.07) is 0.797. The van der Waals surface area contributed by atoms with Crippen LogP contribution in [0, 0.1) is 69.0 Å². The SMILES string of the molecule is C[C@]12CC[C@H](N)C[C@@H]1CC[C@@H]1[C@@H]2CC[C@]2(C)[C@@H](O)CC[C@@H]12.C[C@]12CC[C@H](N)C[C@@H]1C[C@H](O)[C@@H]1[C@@H]2CC[C@]2(C)[C@@H](O)CC[C@@H]12. The van der Waals surface area contributed by atoms with Crippen LogP contribution in [0.1, 0.15) is 137 Å². The van der Waals surface area contributed by atoms with Crippen LogP contribution in [-0.2, 0) is 0 Å². The molecule has 43 heavy (non-hydrogen) atoms. The molecule has 0 amide bonds. The van der Waals surface area contributed by atoms with Crippen LogP contribution in [0.15, 0.2) is 0 Å². The Balaban J connectivity index is 0.000000140. The summed E-state index contributed by atoms with van der Waals surface area (Å²) in [4.78, 5) is 0. The second-order valence-corrected chi connectivity index (χ2v) is 18.8. The molecule has 0 heterocycles. The Labute approximate surface area is 262 Å². The maximum atomic E-state index is 11.0. The Morgan fingerprint density at radius 1 is 0.465 bits per heavy atom. The molecule has 0 spiro atoms. The Morgan fingerprint density at radius 3 is 1.58 bits per heavy atom. The summed E-state index contributed by atoms with van der Waals surface area (Å²) in [6.07, 6.45) is 20.0. The van der Waals surface area contributed by atoms with Gasteiger partial charge in [-0.1, -0.05) is 27.7 Å². The van der Waals surface area contributed by atoms with Gasteiger partial charge in [0.25, 0.3) is 0 Å². The molecule has 0 aromatic carbocycles.